The Bertz CT molecular complexity index is 791. The highest BCUT2D eigenvalue weighted by Gasteiger charge is 2.27. The van der Waals surface area contributed by atoms with Crippen molar-refractivity contribution < 1.29 is 14.3 Å². The molecule has 0 saturated heterocycles. The summed E-state index contributed by atoms with van der Waals surface area (Å²) in [5.41, 5.74) is 6.71. The summed E-state index contributed by atoms with van der Waals surface area (Å²) in [6.45, 7) is 11.0. The van der Waals surface area contributed by atoms with Crippen LogP contribution in [0.25, 0.3) is 0 Å². The lowest BCUT2D eigenvalue weighted by Gasteiger charge is -2.33. The van der Waals surface area contributed by atoms with E-state index in [4.69, 9.17) is 4.74 Å². The van der Waals surface area contributed by atoms with Gasteiger partial charge in [-0.3, -0.25) is 20.4 Å². The first-order valence-corrected chi connectivity index (χ1v) is 9.44. The third-order valence-electron chi connectivity index (χ3n) is 4.33. The number of benzene rings is 2. The van der Waals surface area contributed by atoms with Crippen molar-refractivity contribution >= 4 is 11.8 Å². The van der Waals surface area contributed by atoms with Crippen LogP contribution in [0.2, 0.25) is 0 Å². The highest BCUT2D eigenvalue weighted by atomic mass is 16.5. The van der Waals surface area contributed by atoms with Gasteiger partial charge >= 0.3 is 0 Å². The first kappa shape index (κ1) is 21.5. The number of ether oxygens (including phenoxy) is 1. The number of hydrogen-bond donors (Lipinski definition) is 2. The summed E-state index contributed by atoms with van der Waals surface area (Å²) < 4.78 is 5.51. The maximum atomic E-state index is 11.9. The minimum atomic E-state index is -0.429. The van der Waals surface area contributed by atoms with Crippen LogP contribution in [0.15, 0.2) is 54.6 Å². The topological polar surface area (TPSA) is 67.4 Å². The fourth-order valence-electron chi connectivity index (χ4n) is 3.40. The maximum Gasteiger partial charge on any atom is 0.276 e. The van der Waals surface area contributed by atoms with E-state index in [0.717, 1.165) is 6.42 Å². The molecule has 0 aliphatic carbocycles. The molecule has 0 spiro atoms. The molecule has 0 aliphatic rings. The summed E-state index contributed by atoms with van der Waals surface area (Å²) in [5, 5.41) is 0. The van der Waals surface area contributed by atoms with Crippen LogP contribution >= 0.6 is 0 Å². The molecule has 0 radical (unpaired) electrons. The Morgan fingerprint density at radius 1 is 0.857 bits per heavy atom. The van der Waals surface area contributed by atoms with Crippen LogP contribution < -0.4 is 15.6 Å². The van der Waals surface area contributed by atoms with E-state index < -0.39 is 5.91 Å². The van der Waals surface area contributed by atoms with Crippen LogP contribution in [0.3, 0.4) is 0 Å². The van der Waals surface area contributed by atoms with Gasteiger partial charge in [0.05, 0.1) is 0 Å². The number of carbonyl (C=O) groups is 2. The van der Waals surface area contributed by atoms with E-state index in [2.05, 4.69) is 45.5 Å². The van der Waals surface area contributed by atoms with Gasteiger partial charge in [-0.05, 0) is 47.1 Å². The van der Waals surface area contributed by atoms with Gasteiger partial charge in [-0.25, -0.2) is 0 Å². The average Bonchev–Trinajstić information content (AvgIpc) is 2.63. The van der Waals surface area contributed by atoms with E-state index in [9.17, 15) is 9.59 Å². The number of rotatable bonds is 6. The van der Waals surface area contributed by atoms with Crippen molar-refractivity contribution in [3.8, 4) is 5.75 Å². The molecule has 2 rings (SSSR count). The zero-order valence-electron chi connectivity index (χ0n) is 17.3. The van der Waals surface area contributed by atoms with E-state index in [0.29, 0.717) is 11.3 Å². The standard InChI is InChI=1S/C23H30N2O3/c1-22(2,3)16-23(4,5)18-11-13-19(14-12-18)28-15-20(26)24-25-21(27)17-9-7-6-8-10-17/h6-14H,15-16H2,1-5H3,(H,24,26)(H,25,27). The van der Waals surface area contributed by atoms with Crippen molar-refractivity contribution in [2.75, 3.05) is 6.61 Å². The normalized spacial score (nSPS) is 11.6. The molecule has 5 heteroatoms. The number of amides is 2. The first-order chi connectivity index (χ1) is 13.1. The molecule has 0 atom stereocenters. The van der Waals surface area contributed by atoms with Crippen molar-refractivity contribution in [3.63, 3.8) is 0 Å². The molecular formula is C23H30N2O3. The number of hydrazine groups is 1. The fraction of sp³-hybridized carbons (Fsp3) is 0.391. The van der Waals surface area contributed by atoms with Gasteiger partial charge in [-0.1, -0.05) is 65.0 Å². The molecule has 0 unspecified atom stereocenters. The predicted molar refractivity (Wildman–Crippen MR) is 111 cm³/mol. The third kappa shape index (κ3) is 6.72. The predicted octanol–water partition coefficient (Wildman–Crippen LogP) is 4.24. The molecule has 0 fully saturated rings. The number of nitrogens with one attached hydrogen (secondary N) is 2. The second-order valence-corrected chi connectivity index (χ2v) is 8.80. The maximum absolute atomic E-state index is 11.9. The van der Waals surface area contributed by atoms with Crippen molar-refractivity contribution in [3.05, 3.63) is 65.7 Å². The third-order valence-corrected chi connectivity index (χ3v) is 4.33. The van der Waals surface area contributed by atoms with Gasteiger partial charge in [0.2, 0.25) is 0 Å². The number of hydrogen-bond acceptors (Lipinski definition) is 3. The Labute approximate surface area is 167 Å². The fourth-order valence-corrected chi connectivity index (χ4v) is 3.40. The lowest BCUT2D eigenvalue weighted by molar-refractivity contribution is -0.123. The van der Waals surface area contributed by atoms with Gasteiger partial charge in [0.25, 0.3) is 11.8 Å². The molecule has 0 aliphatic heterocycles. The van der Waals surface area contributed by atoms with Crippen molar-refractivity contribution in [1.29, 1.82) is 0 Å². The summed E-state index contributed by atoms with van der Waals surface area (Å²) >= 11 is 0. The second-order valence-electron chi connectivity index (χ2n) is 8.80. The molecule has 2 N–H and O–H groups in total. The Hall–Kier alpha value is -2.82. The summed E-state index contributed by atoms with van der Waals surface area (Å²) in [5.74, 6) is -0.194. The van der Waals surface area contributed by atoms with Gasteiger partial charge in [0.15, 0.2) is 6.61 Å². The lowest BCUT2D eigenvalue weighted by atomic mass is 9.72. The molecule has 0 saturated carbocycles. The van der Waals surface area contributed by atoms with E-state index in [1.54, 1.807) is 24.3 Å². The van der Waals surface area contributed by atoms with Gasteiger partial charge in [-0.15, -0.1) is 0 Å². The SMILES string of the molecule is CC(C)(C)CC(C)(C)c1ccc(OCC(=O)NNC(=O)c2ccccc2)cc1. The monoisotopic (exact) mass is 382 g/mol. The van der Waals surface area contributed by atoms with Crippen LogP contribution in [0.4, 0.5) is 0 Å². The highest BCUT2D eigenvalue weighted by molar-refractivity contribution is 5.95. The van der Waals surface area contributed by atoms with Gasteiger partial charge < -0.3 is 4.74 Å². The molecule has 2 amide bonds. The summed E-state index contributed by atoms with van der Waals surface area (Å²) in [7, 11) is 0. The summed E-state index contributed by atoms with van der Waals surface area (Å²) in [4.78, 5) is 23.8. The molecule has 0 heterocycles. The number of carbonyl (C=O) groups excluding carboxylic acids is 2. The van der Waals surface area contributed by atoms with Gasteiger partial charge in [-0.2, -0.15) is 0 Å². The summed E-state index contributed by atoms with van der Waals surface area (Å²) in [6.07, 6.45) is 1.06. The Morgan fingerprint density at radius 2 is 1.46 bits per heavy atom. The molecule has 2 aromatic rings. The molecular weight excluding hydrogens is 352 g/mol. The minimum absolute atomic E-state index is 0.0515. The van der Waals surface area contributed by atoms with Crippen LogP contribution in [-0.4, -0.2) is 18.4 Å². The average molecular weight is 383 g/mol. The van der Waals surface area contributed by atoms with E-state index in [1.165, 1.54) is 5.56 Å². The van der Waals surface area contributed by atoms with Crippen LogP contribution in [0, 0.1) is 5.41 Å². The van der Waals surface area contributed by atoms with Crippen molar-refractivity contribution in [1.82, 2.24) is 10.9 Å². The molecule has 2 aromatic carbocycles. The van der Waals surface area contributed by atoms with E-state index in [-0.39, 0.29) is 23.3 Å². The molecule has 0 bridgehead atoms. The van der Waals surface area contributed by atoms with Crippen LogP contribution in [0.1, 0.15) is 57.0 Å². The van der Waals surface area contributed by atoms with Crippen molar-refractivity contribution in [2.45, 2.75) is 46.5 Å². The zero-order valence-corrected chi connectivity index (χ0v) is 17.3. The molecule has 28 heavy (non-hydrogen) atoms. The summed E-state index contributed by atoms with van der Waals surface area (Å²) in [6, 6.07) is 16.5. The van der Waals surface area contributed by atoms with Crippen LogP contribution in [-0.2, 0) is 10.2 Å². The minimum Gasteiger partial charge on any atom is -0.484 e. The second kappa shape index (κ2) is 8.91. The first-order valence-electron chi connectivity index (χ1n) is 9.44. The van der Waals surface area contributed by atoms with E-state index >= 15 is 0 Å². The van der Waals surface area contributed by atoms with Gasteiger partial charge in [0, 0.05) is 5.56 Å². The Balaban J connectivity index is 1.82. The highest BCUT2D eigenvalue weighted by Crippen LogP contribution is 2.36. The molecule has 5 nitrogen and oxygen atoms in total. The largest absolute Gasteiger partial charge is 0.484 e. The molecule has 0 aromatic heterocycles. The molecule has 150 valence electrons. The zero-order chi connectivity index (χ0) is 20.8. The van der Waals surface area contributed by atoms with Crippen molar-refractivity contribution in [2.24, 2.45) is 5.41 Å². The Morgan fingerprint density at radius 3 is 2.04 bits per heavy atom. The smallest absolute Gasteiger partial charge is 0.276 e. The quantitative estimate of drug-likeness (QED) is 0.734. The van der Waals surface area contributed by atoms with Gasteiger partial charge in [0.1, 0.15) is 5.75 Å². The lowest BCUT2D eigenvalue weighted by Crippen LogP contribution is -2.43. The van der Waals surface area contributed by atoms with Crippen LogP contribution in [0.5, 0.6) is 5.75 Å². The van der Waals surface area contributed by atoms with E-state index in [1.807, 2.05) is 30.3 Å². The Kier molecular flexibility index (Phi) is 6.84.